The smallest absolute Gasteiger partial charge is 0.311 e. The zero-order valence-corrected chi connectivity index (χ0v) is 18.2. The molecule has 158 valence electrons. The third-order valence-corrected chi connectivity index (χ3v) is 9.39. The fraction of sp³-hybridized carbons (Fsp3) is 0.875. The lowest BCUT2D eigenvalue weighted by Crippen LogP contribution is -2.57. The SMILES string of the molecule is C=C1CCC[C@@H]2[C@@]3(C)CC[C@@]4(CCC([C@@H](C)C(=O)OC)OO4)C[C@@H]3CC[C@@]12C. The third kappa shape index (κ3) is 3.06. The highest BCUT2D eigenvalue weighted by molar-refractivity contribution is 5.72. The standard InChI is InChI=1S/C24H38O4/c1-16-7-6-8-20-22(16,3)11-9-18-15-24(14-13-23(18,20)4)12-10-19(27-28-24)17(2)21(25)26-5/h17-20H,1,6-15H2,2-5H3/t17-,18+,19?,20+,22+,23+,24+/m1/s1. The molecule has 0 aromatic rings. The van der Waals surface area contributed by atoms with Crippen molar-refractivity contribution < 1.29 is 19.3 Å². The van der Waals surface area contributed by atoms with Gasteiger partial charge in [-0.15, -0.1) is 0 Å². The summed E-state index contributed by atoms with van der Waals surface area (Å²) in [6, 6.07) is 0. The molecule has 4 aliphatic rings. The monoisotopic (exact) mass is 390 g/mol. The van der Waals surface area contributed by atoms with E-state index in [4.69, 9.17) is 14.5 Å². The Balaban J connectivity index is 1.45. The molecule has 28 heavy (non-hydrogen) atoms. The predicted octanol–water partition coefficient (Wildman–Crippen LogP) is 5.61. The van der Waals surface area contributed by atoms with Gasteiger partial charge in [-0.3, -0.25) is 4.79 Å². The minimum Gasteiger partial charge on any atom is -0.469 e. The van der Waals surface area contributed by atoms with E-state index in [1.54, 1.807) is 0 Å². The molecule has 1 spiro atoms. The molecule has 1 aliphatic heterocycles. The van der Waals surface area contributed by atoms with Gasteiger partial charge in [-0.25, -0.2) is 9.78 Å². The Morgan fingerprint density at radius 1 is 1.18 bits per heavy atom. The van der Waals surface area contributed by atoms with Crippen molar-refractivity contribution in [1.29, 1.82) is 0 Å². The second-order valence-electron chi connectivity index (χ2n) is 10.7. The van der Waals surface area contributed by atoms with E-state index in [1.807, 2.05) is 6.92 Å². The van der Waals surface area contributed by atoms with E-state index in [2.05, 4.69) is 20.4 Å². The van der Waals surface area contributed by atoms with Gasteiger partial charge in [0.25, 0.3) is 0 Å². The van der Waals surface area contributed by atoms with Crippen LogP contribution in [0, 0.1) is 28.6 Å². The summed E-state index contributed by atoms with van der Waals surface area (Å²) in [6.07, 6.45) is 11.5. The lowest BCUT2D eigenvalue weighted by molar-refractivity contribution is -0.425. The van der Waals surface area contributed by atoms with Crippen LogP contribution in [-0.4, -0.2) is 24.8 Å². The van der Waals surface area contributed by atoms with Crippen molar-refractivity contribution in [1.82, 2.24) is 0 Å². The number of hydrogen-bond donors (Lipinski definition) is 0. The van der Waals surface area contributed by atoms with E-state index in [0.29, 0.717) is 16.7 Å². The molecule has 0 radical (unpaired) electrons. The number of esters is 1. The van der Waals surface area contributed by atoms with Gasteiger partial charge in [-0.05, 0) is 93.8 Å². The van der Waals surface area contributed by atoms with Crippen molar-refractivity contribution in [2.24, 2.45) is 28.6 Å². The molecule has 4 rings (SSSR count). The molecular formula is C24H38O4. The number of fused-ring (bicyclic) bond motifs is 3. The normalized spacial score (nSPS) is 47.1. The first-order chi connectivity index (χ1) is 13.2. The highest BCUT2D eigenvalue weighted by Gasteiger charge is 2.59. The van der Waals surface area contributed by atoms with Crippen LogP contribution in [0.3, 0.4) is 0 Å². The summed E-state index contributed by atoms with van der Waals surface area (Å²) < 4.78 is 4.87. The molecule has 0 bridgehead atoms. The summed E-state index contributed by atoms with van der Waals surface area (Å²) in [7, 11) is 1.43. The Morgan fingerprint density at radius 3 is 2.64 bits per heavy atom. The third-order valence-electron chi connectivity index (χ3n) is 9.39. The summed E-state index contributed by atoms with van der Waals surface area (Å²) in [5.41, 5.74) is 2.07. The van der Waals surface area contributed by atoms with Crippen molar-refractivity contribution in [2.75, 3.05) is 7.11 Å². The van der Waals surface area contributed by atoms with Crippen LogP contribution in [-0.2, 0) is 19.3 Å². The predicted molar refractivity (Wildman–Crippen MR) is 108 cm³/mol. The summed E-state index contributed by atoms with van der Waals surface area (Å²) >= 11 is 0. The van der Waals surface area contributed by atoms with Crippen LogP contribution in [0.15, 0.2) is 12.2 Å². The number of methoxy groups -OCH3 is 1. The minimum atomic E-state index is -0.278. The zero-order chi connectivity index (χ0) is 20.2. The van der Waals surface area contributed by atoms with Crippen molar-refractivity contribution >= 4 is 5.97 Å². The van der Waals surface area contributed by atoms with E-state index in [1.165, 1.54) is 51.2 Å². The Labute approximate surface area is 170 Å². The number of carbonyl (C=O) groups is 1. The molecule has 1 saturated heterocycles. The largest absolute Gasteiger partial charge is 0.469 e. The quantitative estimate of drug-likeness (QED) is 0.349. The van der Waals surface area contributed by atoms with Crippen LogP contribution in [0.1, 0.15) is 85.0 Å². The molecule has 4 fully saturated rings. The molecule has 3 aliphatic carbocycles. The molecule has 0 aromatic heterocycles. The van der Waals surface area contributed by atoms with Crippen molar-refractivity contribution in [2.45, 2.75) is 96.7 Å². The molecule has 0 amide bonds. The van der Waals surface area contributed by atoms with Gasteiger partial charge in [0.05, 0.1) is 13.0 Å². The summed E-state index contributed by atoms with van der Waals surface area (Å²) in [4.78, 5) is 23.7. The highest BCUT2D eigenvalue weighted by atomic mass is 17.2. The Morgan fingerprint density at radius 2 is 1.96 bits per heavy atom. The van der Waals surface area contributed by atoms with E-state index < -0.39 is 0 Å². The number of hydrogen-bond acceptors (Lipinski definition) is 4. The first-order valence-electron chi connectivity index (χ1n) is 11.3. The van der Waals surface area contributed by atoms with Gasteiger partial charge in [-0.1, -0.05) is 26.0 Å². The molecule has 1 unspecified atom stereocenters. The van der Waals surface area contributed by atoms with Crippen LogP contribution >= 0.6 is 0 Å². The van der Waals surface area contributed by atoms with Gasteiger partial charge < -0.3 is 4.74 Å². The van der Waals surface area contributed by atoms with Crippen LogP contribution in [0.25, 0.3) is 0 Å². The molecule has 1 heterocycles. The second-order valence-corrected chi connectivity index (χ2v) is 10.7. The van der Waals surface area contributed by atoms with Crippen molar-refractivity contribution in [3.8, 4) is 0 Å². The lowest BCUT2D eigenvalue weighted by Gasteiger charge is -2.63. The number of allylic oxidation sites excluding steroid dienone is 1. The second kappa shape index (κ2) is 7.12. The first-order valence-corrected chi connectivity index (χ1v) is 11.3. The fourth-order valence-electron chi connectivity index (χ4n) is 7.26. The average molecular weight is 391 g/mol. The van der Waals surface area contributed by atoms with Gasteiger partial charge in [0.1, 0.15) is 11.7 Å². The topological polar surface area (TPSA) is 44.8 Å². The number of rotatable bonds is 2. The maximum atomic E-state index is 11.8. The Bertz CT molecular complexity index is 635. The van der Waals surface area contributed by atoms with Crippen LogP contribution < -0.4 is 0 Å². The molecule has 4 nitrogen and oxygen atoms in total. The van der Waals surface area contributed by atoms with E-state index in [-0.39, 0.29) is 23.6 Å². The summed E-state index contributed by atoms with van der Waals surface area (Å²) in [5, 5.41) is 0. The van der Waals surface area contributed by atoms with Crippen LogP contribution in [0.2, 0.25) is 0 Å². The summed E-state index contributed by atoms with van der Waals surface area (Å²) in [5.74, 6) is 0.960. The van der Waals surface area contributed by atoms with Gasteiger partial charge in [0.15, 0.2) is 0 Å². The van der Waals surface area contributed by atoms with Gasteiger partial charge in [-0.2, -0.15) is 0 Å². The van der Waals surface area contributed by atoms with Crippen molar-refractivity contribution in [3.63, 3.8) is 0 Å². The highest BCUT2D eigenvalue weighted by Crippen LogP contribution is 2.66. The Hall–Kier alpha value is -0.870. The molecule has 3 saturated carbocycles. The fourth-order valence-corrected chi connectivity index (χ4v) is 7.26. The van der Waals surface area contributed by atoms with Gasteiger partial charge >= 0.3 is 5.97 Å². The van der Waals surface area contributed by atoms with E-state index in [0.717, 1.165) is 31.6 Å². The number of ether oxygens (including phenoxy) is 1. The molecular weight excluding hydrogens is 352 g/mol. The van der Waals surface area contributed by atoms with Gasteiger partial charge in [0, 0.05) is 0 Å². The molecule has 0 aromatic carbocycles. The van der Waals surface area contributed by atoms with Gasteiger partial charge in [0.2, 0.25) is 0 Å². The minimum absolute atomic E-state index is 0.157. The molecule has 0 N–H and O–H groups in total. The van der Waals surface area contributed by atoms with Crippen LogP contribution in [0.5, 0.6) is 0 Å². The summed E-state index contributed by atoms with van der Waals surface area (Å²) in [6.45, 7) is 11.4. The van der Waals surface area contributed by atoms with Crippen molar-refractivity contribution in [3.05, 3.63) is 12.2 Å². The van der Waals surface area contributed by atoms with Crippen LogP contribution in [0.4, 0.5) is 0 Å². The number of carbonyl (C=O) groups excluding carboxylic acids is 1. The maximum Gasteiger partial charge on any atom is 0.311 e. The maximum absolute atomic E-state index is 11.8. The van der Waals surface area contributed by atoms with E-state index >= 15 is 0 Å². The zero-order valence-electron chi connectivity index (χ0n) is 18.2. The molecule has 7 atom stereocenters. The Kier molecular flexibility index (Phi) is 5.19. The first kappa shape index (κ1) is 20.4. The average Bonchev–Trinajstić information content (AvgIpc) is 2.70. The van der Waals surface area contributed by atoms with E-state index in [9.17, 15) is 4.79 Å². The molecule has 4 heteroatoms. The lowest BCUT2D eigenvalue weighted by atomic mass is 9.43.